The lowest BCUT2D eigenvalue weighted by molar-refractivity contribution is -0.186. The van der Waals surface area contributed by atoms with Crippen LogP contribution in [-0.2, 0) is 14.2 Å². The van der Waals surface area contributed by atoms with Crippen LogP contribution >= 0.6 is 23.4 Å². The predicted molar refractivity (Wildman–Crippen MR) is 142 cm³/mol. The number of thioether (sulfide) groups is 1. The van der Waals surface area contributed by atoms with Crippen molar-refractivity contribution < 1.29 is 37.6 Å². The summed E-state index contributed by atoms with van der Waals surface area (Å²) < 4.78 is 59.7. The lowest BCUT2D eigenvalue weighted by atomic mass is 9.78. The Balaban J connectivity index is 1.32. The maximum absolute atomic E-state index is 13.9. The van der Waals surface area contributed by atoms with E-state index in [1.807, 2.05) is 11.0 Å². The van der Waals surface area contributed by atoms with Crippen LogP contribution in [0.1, 0.15) is 11.7 Å². The number of methoxy groups -OCH3 is 1. The Morgan fingerprint density at radius 2 is 1.95 bits per heavy atom. The van der Waals surface area contributed by atoms with Crippen LogP contribution in [0.2, 0.25) is 5.02 Å². The van der Waals surface area contributed by atoms with E-state index in [0.717, 1.165) is 12.1 Å². The van der Waals surface area contributed by atoms with E-state index in [1.165, 1.54) is 29.8 Å². The van der Waals surface area contributed by atoms with Gasteiger partial charge in [-0.3, -0.25) is 0 Å². The Kier molecular flexibility index (Phi) is 7.81. The van der Waals surface area contributed by atoms with Crippen molar-refractivity contribution in [2.45, 2.75) is 34.7 Å². The third kappa shape index (κ3) is 5.00. The molecule has 222 valence electrons. The summed E-state index contributed by atoms with van der Waals surface area (Å²) in [7, 11) is 1.41. The Hall–Kier alpha value is -2.97. The molecule has 1 spiro atoms. The van der Waals surface area contributed by atoms with Gasteiger partial charge in [-0.25, -0.2) is 22.8 Å². The number of anilines is 1. The number of hydrogen-bond acceptors (Lipinski definition) is 11. The van der Waals surface area contributed by atoms with Crippen molar-refractivity contribution in [3.63, 3.8) is 0 Å². The second kappa shape index (κ2) is 11.3. The third-order valence-electron chi connectivity index (χ3n) is 7.63. The fraction of sp³-hybridized carbons (Fsp3) is 0.462. The molecular weight excluding hydrogens is 601 g/mol. The van der Waals surface area contributed by atoms with E-state index in [0.29, 0.717) is 37.0 Å². The van der Waals surface area contributed by atoms with Crippen LogP contribution in [-0.4, -0.2) is 94.0 Å². The molecule has 3 fully saturated rings. The number of ether oxygens (including phenoxy) is 3. The van der Waals surface area contributed by atoms with E-state index in [2.05, 4.69) is 15.3 Å². The first-order chi connectivity index (χ1) is 20.2. The molecule has 5 heterocycles. The van der Waals surface area contributed by atoms with Gasteiger partial charge >= 0.3 is 0 Å². The molecule has 2 aromatic heterocycles. The SMILES string of the molecule is COC1[C@@H](Sc2cc(Cl)c(C#N)nc2N2CC3(COC3)C2)OC(CO)[C@H](O)[C@@H]1n1cc(-c2cc(F)c(F)c(F)c2)nn1. The number of rotatable bonds is 7. The van der Waals surface area contributed by atoms with Crippen molar-refractivity contribution in [1.29, 1.82) is 5.26 Å². The molecule has 2 unspecified atom stereocenters. The molecule has 1 aromatic carbocycles. The molecule has 11 nitrogen and oxygen atoms in total. The fourth-order valence-electron chi connectivity index (χ4n) is 5.43. The normalized spacial score (nSPS) is 26.5. The van der Waals surface area contributed by atoms with Gasteiger partial charge in [0.05, 0.1) is 41.4 Å². The molecule has 3 aromatic rings. The van der Waals surface area contributed by atoms with Gasteiger partial charge in [0.25, 0.3) is 0 Å². The van der Waals surface area contributed by atoms with Gasteiger partial charge in [0.15, 0.2) is 23.1 Å². The number of benzene rings is 1. The number of nitrogens with zero attached hydrogens (tertiary/aromatic N) is 6. The molecule has 0 aliphatic carbocycles. The maximum atomic E-state index is 13.9. The van der Waals surface area contributed by atoms with Gasteiger partial charge < -0.3 is 29.3 Å². The number of aromatic nitrogens is 4. The summed E-state index contributed by atoms with van der Waals surface area (Å²) in [5.74, 6) is -3.85. The van der Waals surface area contributed by atoms with Crippen LogP contribution in [0, 0.1) is 34.2 Å². The molecule has 2 N–H and O–H groups in total. The summed E-state index contributed by atoms with van der Waals surface area (Å²) in [6.45, 7) is 2.13. The highest BCUT2D eigenvalue weighted by atomic mass is 35.5. The molecule has 3 saturated heterocycles. The van der Waals surface area contributed by atoms with Crippen LogP contribution in [0.4, 0.5) is 19.0 Å². The second-order valence-electron chi connectivity index (χ2n) is 10.5. The largest absolute Gasteiger partial charge is 0.394 e. The quantitative estimate of drug-likeness (QED) is 0.375. The standard InChI is InChI=1S/C26H24ClF3N6O5S/c1-39-23-21(36-6-17(33-34-36)12-2-14(28)20(30)15(29)3-12)22(38)18(7-37)41-25(23)42-19-4-13(27)16(5-31)32-24(19)35-8-26(9-35)10-40-11-26/h2-4,6,18,21-23,25,37-38H,7-11H2,1H3/t18?,21-,22-,23?,25+/m0/s1. The van der Waals surface area contributed by atoms with Crippen LogP contribution in [0.15, 0.2) is 29.3 Å². The van der Waals surface area contributed by atoms with Gasteiger partial charge in [-0.15, -0.1) is 5.10 Å². The predicted octanol–water partition coefficient (Wildman–Crippen LogP) is 2.55. The van der Waals surface area contributed by atoms with Crippen LogP contribution in [0.25, 0.3) is 11.3 Å². The van der Waals surface area contributed by atoms with Crippen molar-refractivity contribution in [3.05, 3.63) is 52.6 Å². The van der Waals surface area contributed by atoms with Gasteiger partial charge in [0, 0.05) is 25.8 Å². The topological polar surface area (TPSA) is 139 Å². The molecule has 3 aliphatic rings. The summed E-state index contributed by atoms with van der Waals surface area (Å²) >= 11 is 7.55. The van der Waals surface area contributed by atoms with E-state index < -0.39 is 53.8 Å². The van der Waals surface area contributed by atoms with Gasteiger partial charge in [-0.05, 0) is 18.2 Å². The van der Waals surface area contributed by atoms with Crippen LogP contribution in [0.3, 0.4) is 0 Å². The third-order valence-corrected chi connectivity index (χ3v) is 9.09. The number of nitriles is 1. The molecule has 0 radical (unpaired) electrons. The highest BCUT2D eigenvalue weighted by Crippen LogP contribution is 2.46. The smallest absolute Gasteiger partial charge is 0.194 e. The first-order valence-electron chi connectivity index (χ1n) is 12.8. The van der Waals surface area contributed by atoms with E-state index in [4.69, 9.17) is 25.8 Å². The van der Waals surface area contributed by atoms with E-state index in [9.17, 15) is 28.6 Å². The number of aliphatic hydroxyl groups is 2. The van der Waals surface area contributed by atoms with Gasteiger partial charge in [-0.1, -0.05) is 28.6 Å². The highest BCUT2D eigenvalue weighted by Gasteiger charge is 2.51. The lowest BCUT2D eigenvalue weighted by Crippen LogP contribution is -2.66. The summed E-state index contributed by atoms with van der Waals surface area (Å²) in [6.07, 6.45) is -1.96. The Morgan fingerprint density at radius 3 is 2.55 bits per heavy atom. The van der Waals surface area contributed by atoms with E-state index in [1.54, 1.807) is 6.07 Å². The second-order valence-corrected chi connectivity index (χ2v) is 12.0. The minimum Gasteiger partial charge on any atom is -0.394 e. The highest BCUT2D eigenvalue weighted by molar-refractivity contribution is 8.00. The Bertz CT molecular complexity index is 1520. The van der Waals surface area contributed by atoms with E-state index in [-0.39, 0.29) is 27.4 Å². The van der Waals surface area contributed by atoms with Crippen molar-refractivity contribution >= 4 is 29.2 Å². The molecule has 0 amide bonds. The average Bonchev–Trinajstić information content (AvgIpc) is 3.41. The zero-order chi connectivity index (χ0) is 29.8. The molecule has 5 atom stereocenters. The van der Waals surface area contributed by atoms with Crippen molar-refractivity contribution in [1.82, 2.24) is 20.0 Å². The zero-order valence-corrected chi connectivity index (χ0v) is 23.5. The fourth-order valence-corrected chi connectivity index (χ4v) is 7.01. The molecule has 42 heavy (non-hydrogen) atoms. The molecular formula is C26H24ClF3N6O5S. The first-order valence-corrected chi connectivity index (χ1v) is 14.1. The minimum absolute atomic E-state index is 0.0168. The van der Waals surface area contributed by atoms with E-state index >= 15 is 0 Å². The zero-order valence-electron chi connectivity index (χ0n) is 22.0. The summed E-state index contributed by atoms with van der Waals surface area (Å²) in [5, 5.41) is 38.9. The number of halogens is 4. The summed E-state index contributed by atoms with van der Waals surface area (Å²) in [6, 6.07) is 4.22. The Morgan fingerprint density at radius 1 is 1.24 bits per heavy atom. The lowest BCUT2D eigenvalue weighted by Gasteiger charge is -2.55. The summed E-state index contributed by atoms with van der Waals surface area (Å²) in [5.41, 5.74) is -0.765. The first kappa shape index (κ1) is 29.1. The molecule has 16 heteroatoms. The van der Waals surface area contributed by atoms with Crippen molar-refractivity contribution in [3.8, 4) is 17.3 Å². The van der Waals surface area contributed by atoms with Gasteiger partial charge in [0.1, 0.15) is 47.4 Å². The minimum atomic E-state index is -1.61. The molecule has 3 aliphatic heterocycles. The number of hydrogen-bond donors (Lipinski definition) is 2. The van der Waals surface area contributed by atoms with Crippen molar-refractivity contribution in [2.24, 2.45) is 5.41 Å². The van der Waals surface area contributed by atoms with Gasteiger partial charge in [0.2, 0.25) is 0 Å². The van der Waals surface area contributed by atoms with Gasteiger partial charge in [-0.2, -0.15) is 5.26 Å². The van der Waals surface area contributed by atoms with Crippen LogP contribution in [0.5, 0.6) is 0 Å². The van der Waals surface area contributed by atoms with Crippen molar-refractivity contribution in [2.75, 3.05) is 44.9 Å². The molecule has 0 bridgehead atoms. The number of pyridine rings is 1. The monoisotopic (exact) mass is 624 g/mol. The number of aliphatic hydroxyl groups excluding tert-OH is 2. The molecule has 6 rings (SSSR count). The maximum Gasteiger partial charge on any atom is 0.194 e. The average molecular weight is 625 g/mol. The van der Waals surface area contributed by atoms with Crippen LogP contribution < -0.4 is 4.90 Å². The Labute approximate surface area is 246 Å². The summed E-state index contributed by atoms with van der Waals surface area (Å²) in [4.78, 5) is 7.11. The molecule has 0 saturated carbocycles.